The van der Waals surface area contributed by atoms with Crippen molar-refractivity contribution in [2.75, 3.05) is 37.4 Å². The van der Waals surface area contributed by atoms with Gasteiger partial charge in [0.05, 0.1) is 23.5 Å². The highest BCUT2D eigenvalue weighted by Gasteiger charge is 2.19. The number of rotatable bonds is 7. The topological polar surface area (TPSA) is 75.2 Å². The maximum Gasteiger partial charge on any atom is 0.238 e. The fourth-order valence-electron chi connectivity index (χ4n) is 3.62. The Morgan fingerprint density at radius 3 is 2.87 bits per heavy atom. The number of benzene rings is 1. The molecule has 0 atom stereocenters. The number of pyridine rings is 1. The van der Waals surface area contributed by atoms with E-state index in [9.17, 15) is 0 Å². The molecule has 1 aliphatic rings. The van der Waals surface area contributed by atoms with Crippen molar-refractivity contribution < 1.29 is 4.74 Å². The number of anilines is 3. The minimum Gasteiger partial charge on any atom is -0.476 e. The molecule has 1 aliphatic heterocycles. The summed E-state index contributed by atoms with van der Waals surface area (Å²) in [5.74, 6) is 1.69. The summed E-state index contributed by atoms with van der Waals surface area (Å²) >= 11 is 0. The minimum atomic E-state index is 0.535. The van der Waals surface area contributed by atoms with E-state index in [-0.39, 0.29) is 0 Å². The fraction of sp³-hybridized carbons (Fsp3) is 0.435. The Morgan fingerprint density at radius 2 is 2.07 bits per heavy atom. The van der Waals surface area contributed by atoms with E-state index in [0.29, 0.717) is 24.4 Å². The van der Waals surface area contributed by atoms with Crippen molar-refractivity contribution in [3.8, 4) is 5.88 Å². The molecule has 3 heterocycles. The predicted octanol–water partition coefficient (Wildman–Crippen LogP) is 4.22. The van der Waals surface area contributed by atoms with Crippen LogP contribution in [0.1, 0.15) is 32.0 Å². The van der Waals surface area contributed by atoms with Crippen molar-refractivity contribution in [3.63, 3.8) is 0 Å². The third kappa shape index (κ3) is 4.46. The molecule has 3 aromatic rings. The molecular formula is C23H30N6O. The Labute approximate surface area is 177 Å². The summed E-state index contributed by atoms with van der Waals surface area (Å²) in [4.78, 5) is 16.4. The summed E-state index contributed by atoms with van der Waals surface area (Å²) in [5.41, 5.74) is 5.05. The first-order valence-electron chi connectivity index (χ1n) is 10.6. The molecular weight excluding hydrogens is 376 g/mol. The maximum absolute atomic E-state index is 5.82. The van der Waals surface area contributed by atoms with E-state index in [0.717, 1.165) is 54.0 Å². The smallest absolute Gasteiger partial charge is 0.238 e. The largest absolute Gasteiger partial charge is 0.476 e. The average molecular weight is 407 g/mol. The molecule has 0 bridgehead atoms. The van der Waals surface area contributed by atoms with Crippen molar-refractivity contribution in [3.05, 3.63) is 41.7 Å². The maximum atomic E-state index is 5.82. The first-order chi connectivity index (χ1) is 14.5. The molecule has 2 aromatic heterocycles. The molecule has 7 nitrogen and oxygen atoms in total. The van der Waals surface area contributed by atoms with Gasteiger partial charge < -0.3 is 20.3 Å². The van der Waals surface area contributed by atoms with Crippen LogP contribution in [0.5, 0.6) is 5.88 Å². The lowest BCUT2D eigenvalue weighted by atomic mass is 10.1. The highest BCUT2D eigenvalue weighted by molar-refractivity contribution is 5.90. The van der Waals surface area contributed by atoms with Gasteiger partial charge in [-0.3, -0.25) is 0 Å². The van der Waals surface area contributed by atoms with Gasteiger partial charge in [-0.25, -0.2) is 15.0 Å². The van der Waals surface area contributed by atoms with Crippen LogP contribution in [-0.4, -0.2) is 46.6 Å². The van der Waals surface area contributed by atoms with Crippen LogP contribution in [0.4, 0.5) is 17.3 Å². The lowest BCUT2D eigenvalue weighted by Gasteiger charge is -2.25. The second-order valence-corrected chi connectivity index (χ2v) is 8.20. The van der Waals surface area contributed by atoms with E-state index in [1.54, 1.807) is 0 Å². The van der Waals surface area contributed by atoms with Crippen molar-refractivity contribution in [2.24, 2.45) is 5.92 Å². The predicted molar refractivity (Wildman–Crippen MR) is 122 cm³/mol. The van der Waals surface area contributed by atoms with Crippen LogP contribution < -0.4 is 15.4 Å². The number of likely N-dealkylation sites (N-methyl/N-ethyl adjacent to an activating group) is 1. The zero-order valence-electron chi connectivity index (χ0n) is 18.2. The van der Waals surface area contributed by atoms with Crippen LogP contribution in [-0.2, 0) is 13.0 Å². The second kappa shape index (κ2) is 8.83. The number of para-hydroxylation sites is 1. The number of hydrogen-bond donors (Lipinski definition) is 2. The Bertz CT molecular complexity index is 1040. The molecule has 0 unspecified atom stereocenters. The van der Waals surface area contributed by atoms with Crippen LogP contribution >= 0.6 is 0 Å². The van der Waals surface area contributed by atoms with Crippen LogP contribution in [0, 0.1) is 5.92 Å². The van der Waals surface area contributed by atoms with Crippen molar-refractivity contribution in [1.29, 1.82) is 0 Å². The van der Waals surface area contributed by atoms with E-state index in [1.165, 1.54) is 5.56 Å². The SMILES string of the molecule is CCOc1nc2c(cc1Nc1ncc3cccc(NCC(C)C)c3n1)CN(C)CC2. The molecule has 158 valence electrons. The summed E-state index contributed by atoms with van der Waals surface area (Å²) in [7, 11) is 2.13. The van der Waals surface area contributed by atoms with Gasteiger partial charge in [-0.15, -0.1) is 0 Å². The quantitative estimate of drug-likeness (QED) is 0.608. The van der Waals surface area contributed by atoms with Crippen molar-refractivity contribution >= 4 is 28.2 Å². The second-order valence-electron chi connectivity index (χ2n) is 8.20. The van der Waals surface area contributed by atoms with Gasteiger partial charge in [0.25, 0.3) is 0 Å². The Balaban J connectivity index is 1.68. The molecule has 2 N–H and O–H groups in total. The molecule has 0 spiro atoms. The summed E-state index contributed by atoms with van der Waals surface area (Å²) in [6, 6.07) is 8.24. The van der Waals surface area contributed by atoms with Gasteiger partial charge in [0.1, 0.15) is 5.69 Å². The Kier molecular flexibility index (Phi) is 5.99. The highest BCUT2D eigenvalue weighted by Crippen LogP contribution is 2.31. The molecule has 0 fully saturated rings. The van der Waals surface area contributed by atoms with E-state index >= 15 is 0 Å². The monoisotopic (exact) mass is 406 g/mol. The molecule has 0 saturated carbocycles. The molecule has 7 heteroatoms. The number of nitrogens with zero attached hydrogens (tertiary/aromatic N) is 4. The molecule has 0 saturated heterocycles. The molecule has 0 radical (unpaired) electrons. The fourth-order valence-corrected chi connectivity index (χ4v) is 3.62. The Hall–Kier alpha value is -2.93. The van der Waals surface area contributed by atoms with Crippen LogP contribution in [0.15, 0.2) is 30.5 Å². The van der Waals surface area contributed by atoms with Crippen molar-refractivity contribution in [2.45, 2.75) is 33.7 Å². The molecule has 0 aliphatic carbocycles. The van der Waals surface area contributed by atoms with E-state index in [4.69, 9.17) is 14.7 Å². The summed E-state index contributed by atoms with van der Waals surface area (Å²) in [6.07, 6.45) is 2.79. The standard InChI is InChI=1S/C23H30N6O/c1-5-30-22-20(11-17-14-29(4)10-9-18(17)26-22)27-23-25-13-16-7-6-8-19(21(16)28-23)24-12-15(2)3/h6-8,11,13,15,24H,5,9-10,12,14H2,1-4H3,(H,25,27,28). The number of hydrogen-bond acceptors (Lipinski definition) is 7. The minimum absolute atomic E-state index is 0.535. The lowest BCUT2D eigenvalue weighted by molar-refractivity contribution is 0.301. The highest BCUT2D eigenvalue weighted by atomic mass is 16.5. The zero-order valence-corrected chi connectivity index (χ0v) is 18.2. The first kappa shape index (κ1) is 20.3. The number of nitrogens with one attached hydrogen (secondary N) is 2. The third-order valence-corrected chi connectivity index (χ3v) is 5.17. The van der Waals surface area contributed by atoms with E-state index in [2.05, 4.69) is 53.5 Å². The molecule has 1 aromatic carbocycles. The zero-order chi connectivity index (χ0) is 21.1. The summed E-state index contributed by atoms with van der Waals surface area (Å²) in [6.45, 7) is 9.69. The lowest BCUT2D eigenvalue weighted by Crippen LogP contribution is -2.27. The Morgan fingerprint density at radius 1 is 1.20 bits per heavy atom. The van der Waals surface area contributed by atoms with Gasteiger partial charge in [-0.2, -0.15) is 0 Å². The normalized spacial score (nSPS) is 14.0. The van der Waals surface area contributed by atoms with E-state index in [1.807, 2.05) is 25.3 Å². The van der Waals surface area contributed by atoms with Gasteiger partial charge in [-0.05, 0) is 37.6 Å². The van der Waals surface area contributed by atoms with Crippen LogP contribution in [0.25, 0.3) is 10.9 Å². The van der Waals surface area contributed by atoms with Gasteiger partial charge in [0, 0.05) is 37.6 Å². The van der Waals surface area contributed by atoms with Gasteiger partial charge in [-0.1, -0.05) is 26.0 Å². The van der Waals surface area contributed by atoms with Gasteiger partial charge >= 0.3 is 0 Å². The first-order valence-corrected chi connectivity index (χ1v) is 10.6. The van der Waals surface area contributed by atoms with Crippen molar-refractivity contribution in [1.82, 2.24) is 19.9 Å². The van der Waals surface area contributed by atoms with Gasteiger partial charge in [0.2, 0.25) is 11.8 Å². The van der Waals surface area contributed by atoms with Crippen LogP contribution in [0.2, 0.25) is 0 Å². The van der Waals surface area contributed by atoms with Gasteiger partial charge in [0.15, 0.2) is 0 Å². The number of ether oxygens (including phenoxy) is 1. The summed E-state index contributed by atoms with van der Waals surface area (Å²) in [5, 5.41) is 7.85. The number of aromatic nitrogens is 3. The van der Waals surface area contributed by atoms with E-state index < -0.39 is 0 Å². The molecule has 0 amide bonds. The third-order valence-electron chi connectivity index (χ3n) is 5.17. The van der Waals surface area contributed by atoms with Crippen LogP contribution in [0.3, 0.4) is 0 Å². The molecule has 4 rings (SSSR count). The number of fused-ring (bicyclic) bond motifs is 2. The average Bonchev–Trinajstić information content (AvgIpc) is 2.73. The molecule has 30 heavy (non-hydrogen) atoms. The summed E-state index contributed by atoms with van der Waals surface area (Å²) < 4.78 is 5.82.